The summed E-state index contributed by atoms with van der Waals surface area (Å²) in [6, 6.07) is 5.93. The number of ether oxygens (including phenoxy) is 1. The summed E-state index contributed by atoms with van der Waals surface area (Å²) in [5, 5.41) is 14.9. The fourth-order valence-electron chi connectivity index (χ4n) is 3.59. The van der Waals surface area contributed by atoms with Gasteiger partial charge in [0, 0.05) is 5.44 Å². The van der Waals surface area contributed by atoms with Crippen molar-refractivity contribution in [2.45, 2.75) is 86.2 Å². The zero-order valence-electron chi connectivity index (χ0n) is 20.2. The van der Waals surface area contributed by atoms with Gasteiger partial charge in [0.15, 0.2) is 0 Å². The van der Waals surface area contributed by atoms with Gasteiger partial charge < -0.3 is 15.2 Å². The lowest BCUT2D eigenvalue weighted by atomic mass is 9.67. The van der Waals surface area contributed by atoms with Crippen molar-refractivity contribution in [2.75, 3.05) is 13.7 Å². The van der Waals surface area contributed by atoms with E-state index in [9.17, 15) is 5.11 Å². The maximum absolute atomic E-state index is 11.5. The molecule has 0 saturated heterocycles. The molecule has 0 amide bonds. The highest BCUT2D eigenvalue weighted by Gasteiger charge is 2.33. The van der Waals surface area contributed by atoms with Crippen LogP contribution in [0.2, 0.25) is 0 Å². The zero-order chi connectivity index (χ0) is 22.7. The van der Waals surface area contributed by atoms with Crippen LogP contribution in [0, 0.1) is 18.8 Å². The van der Waals surface area contributed by atoms with E-state index in [1.54, 1.807) is 7.11 Å². The first-order chi connectivity index (χ1) is 14.2. The smallest absolute Gasteiger partial charge is 0.119 e. The Labute approximate surface area is 193 Å². The molecule has 174 valence electrons. The highest BCUT2D eigenvalue weighted by atomic mass is 16.5. The Bertz CT molecular complexity index is 700. The molecule has 0 saturated carbocycles. The summed E-state index contributed by atoms with van der Waals surface area (Å²) in [5.41, 5.74) is 1.94. The zero-order valence-corrected chi connectivity index (χ0v) is 20.2. The van der Waals surface area contributed by atoms with Gasteiger partial charge in [0.2, 0.25) is 0 Å². The average Bonchev–Trinajstić information content (AvgIpc) is 2.76. The molecule has 4 heteroatoms. The van der Waals surface area contributed by atoms with E-state index in [-0.39, 0.29) is 7.43 Å². The van der Waals surface area contributed by atoms with Crippen LogP contribution in [0.5, 0.6) is 5.75 Å². The van der Waals surface area contributed by atoms with Crippen LogP contribution in [-0.4, -0.2) is 38.1 Å². The monoisotopic (exact) mass is 427 g/mol. The lowest BCUT2D eigenvalue weighted by Crippen LogP contribution is -2.55. The molecule has 3 nitrogen and oxygen atoms in total. The van der Waals surface area contributed by atoms with Gasteiger partial charge in [-0.05, 0) is 73.4 Å². The summed E-state index contributed by atoms with van der Waals surface area (Å²) < 4.78 is 5.43. The Hall–Kier alpha value is -1.52. The lowest BCUT2D eigenvalue weighted by Gasteiger charge is -2.38. The highest BCUT2D eigenvalue weighted by molar-refractivity contribution is 6.17. The molecule has 2 N–H and O–H groups in total. The fraction of sp³-hybridized carbons (Fsp3) is 0.630. The van der Waals surface area contributed by atoms with Crippen LogP contribution in [0.25, 0.3) is 5.57 Å². The van der Waals surface area contributed by atoms with E-state index in [1.807, 2.05) is 44.2 Å². The van der Waals surface area contributed by atoms with Crippen molar-refractivity contribution in [2.24, 2.45) is 11.8 Å². The molecule has 0 bridgehead atoms. The quantitative estimate of drug-likeness (QED) is 0.287. The Morgan fingerprint density at radius 3 is 2.45 bits per heavy atom. The van der Waals surface area contributed by atoms with Crippen molar-refractivity contribution in [3.63, 3.8) is 0 Å². The molecule has 0 aliphatic rings. The van der Waals surface area contributed by atoms with E-state index in [1.165, 1.54) is 6.42 Å². The van der Waals surface area contributed by atoms with Gasteiger partial charge in [-0.3, -0.25) is 0 Å². The standard InChI is InChI=1S/C26H42BNO2.CH4/c1-8-11-12-13-23(24-18-22(30-7)15-14-21(24)6)25(29)26(27,10-3)28-17-16-20(5)19(4)9-2;/h11-15,18-20,25,28-29H,8-10,16-17H2,1-7H3;1H4/b12-11+,23-13+;/t19-,20?,25?,26?;/m1./s1. The molecule has 0 aliphatic heterocycles. The highest BCUT2D eigenvalue weighted by Crippen LogP contribution is 2.31. The topological polar surface area (TPSA) is 41.5 Å². The number of nitrogens with one attached hydrogen (secondary N) is 1. The van der Waals surface area contributed by atoms with Gasteiger partial charge in [0.1, 0.15) is 5.75 Å². The number of aryl methyl sites for hydroxylation is 1. The number of allylic oxidation sites excluding steroid dienone is 3. The normalized spacial score (nSPS) is 17.0. The molecule has 4 atom stereocenters. The third-order valence-corrected chi connectivity index (χ3v) is 6.44. The van der Waals surface area contributed by atoms with Crippen LogP contribution >= 0.6 is 0 Å². The van der Waals surface area contributed by atoms with Crippen LogP contribution in [-0.2, 0) is 0 Å². The largest absolute Gasteiger partial charge is 0.497 e. The molecule has 0 aliphatic carbocycles. The van der Waals surface area contributed by atoms with Crippen molar-refractivity contribution in [3.8, 4) is 5.75 Å². The minimum absolute atomic E-state index is 0. The Morgan fingerprint density at radius 2 is 1.90 bits per heavy atom. The van der Waals surface area contributed by atoms with Gasteiger partial charge in [-0.15, -0.1) is 0 Å². The van der Waals surface area contributed by atoms with E-state index >= 15 is 0 Å². The second kappa shape index (κ2) is 14.5. The summed E-state index contributed by atoms with van der Waals surface area (Å²) in [6.07, 6.45) is 8.97. The molecule has 0 spiro atoms. The minimum Gasteiger partial charge on any atom is -0.497 e. The minimum atomic E-state index is -0.906. The first-order valence-electron chi connectivity index (χ1n) is 11.5. The SMILES string of the molecule is C.[B]C(CC)(NCCC(C)[C@H](C)CC)C(O)/C(=C/C=C/CC)c1cc(OC)ccc1C. The number of rotatable bonds is 13. The van der Waals surface area contributed by atoms with Crippen LogP contribution < -0.4 is 10.1 Å². The van der Waals surface area contributed by atoms with Gasteiger partial charge >= 0.3 is 0 Å². The molecule has 2 radical (unpaired) electrons. The maximum atomic E-state index is 11.5. The van der Waals surface area contributed by atoms with Gasteiger partial charge in [-0.1, -0.05) is 72.8 Å². The molecular formula is C27H46BNO2. The molecule has 1 rings (SSSR count). The summed E-state index contributed by atoms with van der Waals surface area (Å²) in [4.78, 5) is 0. The van der Waals surface area contributed by atoms with E-state index in [4.69, 9.17) is 12.6 Å². The lowest BCUT2D eigenvalue weighted by molar-refractivity contribution is 0.151. The van der Waals surface area contributed by atoms with Crippen molar-refractivity contribution >= 4 is 13.4 Å². The van der Waals surface area contributed by atoms with Gasteiger partial charge in [-0.2, -0.15) is 0 Å². The second-order valence-corrected chi connectivity index (χ2v) is 8.51. The van der Waals surface area contributed by atoms with Crippen molar-refractivity contribution in [3.05, 3.63) is 47.6 Å². The molecule has 0 heterocycles. The van der Waals surface area contributed by atoms with Gasteiger partial charge in [0.25, 0.3) is 0 Å². The molecule has 31 heavy (non-hydrogen) atoms. The van der Waals surface area contributed by atoms with E-state index in [0.29, 0.717) is 18.3 Å². The molecule has 1 aromatic rings. The summed E-state index contributed by atoms with van der Waals surface area (Å²) in [5.74, 6) is 2.06. The Balaban J connectivity index is 0.00000900. The number of methoxy groups -OCH3 is 1. The third kappa shape index (κ3) is 8.50. The van der Waals surface area contributed by atoms with Gasteiger partial charge in [0.05, 0.1) is 21.1 Å². The first kappa shape index (κ1) is 29.5. The van der Waals surface area contributed by atoms with Crippen molar-refractivity contribution in [1.82, 2.24) is 5.32 Å². The number of aliphatic hydroxyl groups excluding tert-OH is 1. The average molecular weight is 427 g/mol. The van der Waals surface area contributed by atoms with E-state index in [2.05, 4.69) is 39.1 Å². The molecule has 0 fully saturated rings. The molecule has 3 unspecified atom stereocenters. The van der Waals surface area contributed by atoms with E-state index in [0.717, 1.165) is 41.8 Å². The molecule has 1 aromatic carbocycles. The van der Waals surface area contributed by atoms with Crippen molar-refractivity contribution < 1.29 is 9.84 Å². The predicted octanol–water partition coefficient (Wildman–Crippen LogP) is 6.29. The third-order valence-electron chi connectivity index (χ3n) is 6.44. The second-order valence-electron chi connectivity index (χ2n) is 8.51. The number of benzene rings is 1. The van der Waals surface area contributed by atoms with E-state index < -0.39 is 11.5 Å². The summed E-state index contributed by atoms with van der Waals surface area (Å²) >= 11 is 0. The predicted molar refractivity (Wildman–Crippen MR) is 138 cm³/mol. The van der Waals surface area contributed by atoms with Crippen molar-refractivity contribution in [1.29, 1.82) is 0 Å². The number of aliphatic hydroxyl groups is 1. The van der Waals surface area contributed by atoms with Gasteiger partial charge in [-0.25, -0.2) is 0 Å². The number of hydrogen-bond acceptors (Lipinski definition) is 3. The van der Waals surface area contributed by atoms with Crippen LogP contribution in [0.15, 0.2) is 36.4 Å². The molecular weight excluding hydrogens is 381 g/mol. The summed E-state index contributed by atoms with van der Waals surface area (Å²) in [6.45, 7) is 13.8. The molecule has 0 aromatic heterocycles. The van der Waals surface area contributed by atoms with Crippen LogP contribution in [0.3, 0.4) is 0 Å². The fourth-order valence-corrected chi connectivity index (χ4v) is 3.59. The Morgan fingerprint density at radius 1 is 1.23 bits per heavy atom. The van der Waals surface area contributed by atoms with Crippen LogP contribution in [0.4, 0.5) is 0 Å². The Kier molecular flexibility index (Phi) is 13.8. The maximum Gasteiger partial charge on any atom is 0.119 e. The van der Waals surface area contributed by atoms with Crippen LogP contribution in [0.1, 0.15) is 78.9 Å². The summed E-state index contributed by atoms with van der Waals surface area (Å²) in [7, 11) is 8.40. The first-order valence-corrected chi connectivity index (χ1v) is 11.5. The number of hydrogen-bond donors (Lipinski definition) is 2.